The van der Waals surface area contributed by atoms with Gasteiger partial charge in [0.25, 0.3) is 5.91 Å². The van der Waals surface area contributed by atoms with Crippen molar-refractivity contribution in [2.24, 2.45) is 0 Å². The van der Waals surface area contributed by atoms with Crippen molar-refractivity contribution in [2.75, 3.05) is 76.2 Å². The van der Waals surface area contributed by atoms with Gasteiger partial charge in [0.05, 0.1) is 31.2 Å². The van der Waals surface area contributed by atoms with Gasteiger partial charge in [0.15, 0.2) is 0 Å². The molecule has 2 fully saturated rings. The molecule has 9 nitrogen and oxygen atoms in total. The van der Waals surface area contributed by atoms with Crippen LogP contribution in [0.15, 0.2) is 41.8 Å². The normalized spacial score (nSPS) is 17.5. The van der Waals surface area contributed by atoms with Crippen LogP contribution in [0.3, 0.4) is 0 Å². The SMILES string of the molecule is O=C(CN1CCN(CC(=O)N2CCOCC2)CC1)Nc1ccc(NC(=O)c2cccs2)cc1. The van der Waals surface area contributed by atoms with Gasteiger partial charge in [-0.2, -0.15) is 0 Å². The molecule has 0 bridgehead atoms. The zero-order chi connectivity index (χ0) is 23.0. The average Bonchev–Trinajstić information content (AvgIpc) is 3.37. The fraction of sp³-hybridized carbons (Fsp3) is 0.435. The Morgan fingerprint density at radius 2 is 1.42 bits per heavy atom. The van der Waals surface area contributed by atoms with Crippen LogP contribution in [0.1, 0.15) is 9.67 Å². The molecule has 2 aromatic rings. The van der Waals surface area contributed by atoms with E-state index in [4.69, 9.17) is 4.74 Å². The number of ether oxygens (including phenoxy) is 1. The van der Waals surface area contributed by atoms with Crippen molar-refractivity contribution in [3.8, 4) is 0 Å². The van der Waals surface area contributed by atoms with Gasteiger partial charge in [0.2, 0.25) is 11.8 Å². The number of morpholine rings is 1. The van der Waals surface area contributed by atoms with Gasteiger partial charge in [-0.25, -0.2) is 0 Å². The van der Waals surface area contributed by atoms with Crippen LogP contribution in [-0.4, -0.2) is 98.0 Å². The van der Waals surface area contributed by atoms with Crippen LogP contribution in [-0.2, 0) is 14.3 Å². The van der Waals surface area contributed by atoms with E-state index < -0.39 is 0 Å². The fourth-order valence-corrected chi connectivity index (χ4v) is 4.47. The van der Waals surface area contributed by atoms with E-state index in [2.05, 4.69) is 20.4 Å². The van der Waals surface area contributed by atoms with E-state index in [0.717, 1.165) is 26.2 Å². The van der Waals surface area contributed by atoms with Crippen LogP contribution in [0.2, 0.25) is 0 Å². The molecule has 0 unspecified atom stereocenters. The number of nitrogens with zero attached hydrogens (tertiary/aromatic N) is 3. The van der Waals surface area contributed by atoms with Crippen LogP contribution in [0.5, 0.6) is 0 Å². The van der Waals surface area contributed by atoms with Crippen LogP contribution in [0.25, 0.3) is 0 Å². The summed E-state index contributed by atoms with van der Waals surface area (Å²) >= 11 is 1.39. The van der Waals surface area contributed by atoms with Crippen molar-refractivity contribution in [3.05, 3.63) is 46.7 Å². The first-order valence-electron chi connectivity index (χ1n) is 11.1. The number of benzene rings is 1. The molecular formula is C23H29N5O4S. The number of thiophene rings is 1. The first-order chi connectivity index (χ1) is 16.1. The Kier molecular flexibility index (Phi) is 8.05. The van der Waals surface area contributed by atoms with Crippen LogP contribution >= 0.6 is 11.3 Å². The Morgan fingerprint density at radius 3 is 2.03 bits per heavy atom. The van der Waals surface area contributed by atoms with Crippen molar-refractivity contribution in [1.82, 2.24) is 14.7 Å². The number of anilines is 2. The summed E-state index contributed by atoms with van der Waals surface area (Å²) in [5.41, 5.74) is 1.36. The third-order valence-corrected chi connectivity index (χ3v) is 6.59. The molecule has 3 heterocycles. The molecule has 0 saturated carbocycles. The zero-order valence-corrected chi connectivity index (χ0v) is 19.3. The lowest BCUT2D eigenvalue weighted by Crippen LogP contribution is -2.52. The molecule has 0 aliphatic carbocycles. The molecule has 2 aliphatic rings. The topological polar surface area (TPSA) is 94.2 Å². The largest absolute Gasteiger partial charge is 0.378 e. The Bertz CT molecular complexity index is 936. The van der Waals surface area contributed by atoms with E-state index >= 15 is 0 Å². The second-order valence-corrected chi connectivity index (χ2v) is 9.05. The van der Waals surface area contributed by atoms with Gasteiger partial charge in [0.1, 0.15) is 0 Å². The van der Waals surface area contributed by atoms with Crippen LogP contribution < -0.4 is 10.6 Å². The van der Waals surface area contributed by atoms with Gasteiger partial charge in [-0.3, -0.25) is 24.2 Å². The number of piperazine rings is 1. The van der Waals surface area contributed by atoms with Crippen molar-refractivity contribution in [3.63, 3.8) is 0 Å². The van der Waals surface area contributed by atoms with Crippen molar-refractivity contribution >= 4 is 40.4 Å². The average molecular weight is 472 g/mol. The van der Waals surface area contributed by atoms with Gasteiger partial charge < -0.3 is 20.3 Å². The maximum absolute atomic E-state index is 12.5. The predicted molar refractivity (Wildman–Crippen MR) is 128 cm³/mol. The zero-order valence-electron chi connectivity index (χ0n) is 18.5. The molecule has 0 radical (unpaired) electrons. The number of carbonyl (C=O) groups is 3. The first-order valence-corrected chi connectivity index (χ1v) is 12.0. The smallest absolute Gasteiger partial charge is 0.265 e. The molecule has 2 N–H and O–H groups in total. The maximum atomic E-state index is 12.5. The molecule has 2 aliphatic heterocycles. The highest BCUT2D eigenvalue weighted by Crippen LogP contribution is 2.16. The van der Waals surface area contributed by atoms with Gasteiger partial charge in [0, 0.05) is 50.6 Å². The third-order valence-electron chi connectivity index (χ3n) is 5.73. The summed E-state index contributed by atoms with van der Waals surface area (Å²) in [6.07, 6.45) is 0. The highest BCUT2D eigenvalue weighted by atomic mass is 32.1. The third kappa shape index (κ3) is 6.84. The Balaban J connectivity index is 1.16. The number of hydrogen-bond acceptors (Lipinski definition) is 7. The van der Waals surface area contributed by atoms with Gasteiger partial charge in [-0.15, -0.1) is 11.3 Å². The Hall–Kier alpha value is -2.79. The van der Waals surface area contributed by atoms with Gasteiger partial charge in [-0.05, 0) is 35.7 Å². The van der Waals surface area contributed by atoms with E-state index in [1.807, 2.05) is 16.3 Å². The number of rotatable bonds is 7. The standard InChI is InChI=1S/C23H29N5O4S/c29-21(24-18-3-5-19(6-4-18)25-23(31)20-2-1-15-33-20)16-26-7-9-27(10-8-26)17-22(30)28-11-13-32-14-12-28/h1-6,15H,7-14,16-17H2,(H,24,29)(H,25,31). The van der Waals surface area contributed by atoms with E-state index in [9.17, 15) is 14.4 Å². The Morgan fingerprint density at radius 1 is 0.818 bits per heavy atom. The summed E-state index contributed by atoms with van der Waals surface area (Å²) in [6, 6.07) is 10.7. The molecule has 0 spiro atoms. The number of nitrogens with one attached hydrogen (secondary N) is 2. The molecular weight excluding hydrogens is 442 g/mol. The number of carbonyl (C=O) groups excluding carboxylic acids is 3. The van der Waals surface area contributed by atoms with Gasteiger partial charge in [-0.1, -0.05) is 6.07 Å². The molecule has 1 aromatic heterocycles. The minimum atomic E-state index is -0.146. The number of amides is 3. The maximum Gasteiger partial charge on any atom is 0.265 e. The molecule has 176 valence electrons. The first kappa shape index (κ1) is 23.4. The lowest BCUT2D eigenvalue weighted by Gasteiger charge is -2.35. The fourth-order valence-electron chi connectivity index (χ4n) is 3.85. The summed E-state index contributed by atoms with van der Waals surface area (Å²) in [5.74, 6) is -0.0738. The minimum Gasteiger partial charge on any atom is -0.378 e. The Labute approximate surface area is 197 Å². The predicted octanol–water partition coefficient (Wildman–Crippen LogP) is 1.42. The highest BCUT2D eigenvalue weighted by molar-refractivity contribution is 7.12. The summed E-state index contributed by atoms with van der Waals surface area (Å²) in [7, 11) is 0. The highest BCUT2D eigenvalue weighted by Gasteiger charge is 2.23. The monoisotopic (exact) mass is 471 g/mol. The molecule has 33 heavy (non-hydrogen) atoms. The summed E-state index contributed by atoms with van der Waals surface area (Å²) in [6.45, 7) is 6.32. The molecule has 1 aromatic carbocycles. The van der Waals surface area contributed by atoms with E-state index in [1.165, 1.54) is 11.3 Å². The van der Waals surface area contributed by atoms with E-state index in [-0.39, 0.29) is 17.7 Å². The molecule has 3 amide bonds. The van der Waals surface area contributed by atoms with Crippen LogP contribution in [0.4, 0.5) is 11.4 Å². The van der Waals surface area contributed by atoms with E-state index in [1.54, 1.807) is 30.3 Å². The van der Waals surface area contributed by atoms with Crippen molar-refractivity contribution in [2.45, 2.75) is 0 Å². The summed E-state index contributed by atoms with van der Waals surface area (Å²) < 4.78 is 5.30. The second-order valence-electron chi connectivity index (χ2n) is 8.10. The van der Waals surface area contributed by atoms with E-state index in [0.29, 0.717) is 55.6 Å². The summed E-state index contributed by atoms with van der Waals surface area (Å²) in [4.78, 5) is 43.7. The molecule has 0 atom stereocenters. The van der Waals surface area contributed by atoms with Crippen molar-refractivity contribution in [1.29, 1.82) is 0 Å². The molecule has 10 heteroatoms. The lowest BCUT2D eigenvalue weighted by atomic mass is 10.2. The van der Waals surface area contributed by atoms with Crippen molar-refractivity contribution < 1.29 is 19.1 Å². The minimum absolute atomic E-state index is 0.0804. The number of hydrogen-bond donors (Lipinski definition) is 2. The van der Waals surface area contributed by atoms with Gasteiger partial charge >= 0.3 is 0 Å². The molecule has 2 saturated heterocycles. The van der Waals surface area contributed by atoms with Crippen LogP contribution in [0, 0.1) is 0 Å². The summed E-state index contributed by atoms with van der Waals surface area (Å²) in [5, 5.41) is 7.61. The quantitative estimate of drug-likeness (QED) is 0.634. The second kappa shape index (κ2) is 11.4. The lowest BCUT2D eigenvalue weighted by molar-refractivity contribution is -0.137. The molecule has 4 rings (SSSR count).